The third kappa shape index (κ3) is 3.45. The number of hydrazine groups is 1. The summed E-state index contributed by atoms with van der Waals surface area (Å²) in [6, 6.07) is 1.31. The number of amides is 3. The highest BCUT2D eigenvalue weighted by molar-refractivity contribution is 5.88. The monoisotopic (exact) mass is 238 g/mol. The Labute approximate surface area is 97.3 Å². The lowest BCUT2D eigenvalue weighted by Gasteiger charge is -2.05. The summed E-state index contributed by atoms with van der Waals surface area (Å²) in [5, 5.41) is 9.33. The number of anilines is 1. The SMILES string of the molecule is NC(=O)CNNC(=O)Nc1cc(C2CC2)n[nH]1. The number of aromatic nitrogens is 2. The summed E-state index contributed by atoms with van der Waals surface area (Å²) < 4.78 is 0. The van der Waals surface area contributed by atoms with Crippen LogP contribution in [-0.2, 0) is 4.79 Å². The molecule has 92 valence electrons. The van der Waals surface area contributed by atoms with E-state index in [9.17, 15) is 9.59 Å². The van der Waals surface area contributed by atoms with E-state index >= 15 is 0 Å². The molecule has 8 heteroatoms. The van der Waals surface area contributed by atoms with Crippen LogP contribution in [0.3, 0.4) is 0 Å². The average Bonchev–Trinajstić information content (AvgIpc) is 3.00. The maximum absolute atomic E-state index is 11.3. The molecule has 6 N–H and O–H groups in total. The highest BCUT2D eigenvalue weighted by Crippen LogP contribution is 2.39. The van der Waals surface area contributed by atoms with Crippen LogP contribution in [0.2, 0.25) is 0 Å². The topological polar surface area (TPSA) is 125 Å². The fourth-order valence-corrected chi connectivity index (χ4v) is 1.35. The lowest BCUT2D eigenvalue weighted by Crippen LogP contribution is -2.44. The molecule has 0 bridgehead atoms. The number of hydrogen-bond donors (Lipinski definition) is 5. The smallest absolute Gasteiger partial charge is 0.334 e. The summed E-state index contributed by atoms with van der Waals surface area (Å²) in [6.45, 7) is -0.121. The zero-order chi connectivity index (χ0) is 12.3. The van der Waals surface area contributed by atoms with Crippen LogP contribution in [0.1, 0.15) is 24.5 Å². The molecule has 1 saturated carbocycles. The minimum atomic E-state index is -0.553. The molecule has 2 rings (SSSR count). The molecule has 3 amide bonds. The van der Waals surface area contributed by atoms with Crippen molar-refractivity contribution in [2.75, 3.05) is 11.9 Å². The van der Waals surface area contributed by atoms with Gasteiger partial charge in [-0.25, -0.2) is 10.2 Å². The van der Waals surface area contributed by atoms with Crippen molar-refractivity contribution in [3.8, 4) is 0 Å². The first-order valence-corrected chi connectivity index (χ1v) is 5.28. The zero-order valence-electron chi connectivity index (χ0n) is 9.12. The molecule has 1 aromatic heterocycles. The van der Waals surface area contributed by atoms with Gasteiger partial charge in [0.2, 0.25) is 5.91 Å². The summed E-state index contributed by atoms with van der Waals surface area (Å²) in [5.41, 5.74) is 10.5. The van der Waals surface area contributed by atoms with Gasteiger partial charge in [-0.3, -0.25) is 20.6 Å². The number of nitrogens with zero attached hydrogens (tertiary/aromatic N) is 1. The first-order valence-electron chi connectivity index (χ1n) is 5.28. The standard InChI is InChI=1S/C9H14N6O2/c10-7(16)4-11-15-9(17)12-8-3-6(13-14-8)5-1-2-5/h3,5,11H,1-2,4H2,(H2,10,16)(H3,12,13,14,15,17). The van der Waals surface area contributed by atoms with Crippen LogP contribution in [-0.4, -0.2) is 28.7 Å². The highest BCUT2D eigenvalue weighted by atomic mass is 16.2. The molecule has 17 heavy (non-hydrogen) atoms. The molecule has 0 radical (unpaired) electrons. The summed E-state index contributed by atoms with van der Waals surface area (Å²) in [6.07, 6.45) is 2.30. The Morgan fingerprint density at radius 2 is 2.29 bits per heavy atom. The quantitative estimate of drug-likeness (QED) is 0.439. The maximum Gasteiger partial charge on any atom is 0.334 e. The van der Waals surface area contributed by atoms with Gasteiger partial charge < -0.3 is 5.73 Å². The van der Waals surface area contributed by atoms with Gasteiger partial charge in [-0.2, -0.15) is 5.10 Å². The molecule has 0 unspecified atom stereocenters. The molecule has 1 fully saturated rings. The predicted molar refractivity (Wildman–Crippen MR) is 59.9 cm³/mol. The molecule has 0 aliphatic heterocycles. The number of nitrogens with one attached hydrogen (secondary N) is 4. The third-order valence-corrected chi connectivity index (χ3v) is 2.31. The molecular weight excluding hydrogens is 224 g/mol. The number of rotatable bonds is 5. The number of hydrogen-bond acceptors (Lipinski definition) is 4. The lowest BCUT2D eigenvalue weighted by atomic mass is 10.3. The van der Waals surface area contributed by atoms with E-state index in [-0.39, 0.29) is 6.54 Å². The van der Waals surface area contributed by atoms with Crippen molar-refractivity contribution in [3.63, 3.8) is 0 Å². The van der Waals surface area contributed by atoms with Gasteiger partial charge in [0.15, 0.2) is 0 Å². The van der Waals surface area contributed by atoms with E-state index in [1.807, 2.05) is 0 Å². The molecule has 1 aliphatic carbocycles. The second-order valence-electron chi connectivity index (χ2n) is 3.88. The Bertz CT molecular complexity index is 425. The van der Waals surface area contributed by atoms with Crippen LogP contribution in [0.4, 0.5) is 10.6 Å². The van der Waals surface area contributed by atoms with Gasteiger partial charge in [0, 0.05) is 12.0 Å². The molecule has 0 saturated heterocycles. The van der Waals surface area contributed by atoms with Gasteiger partial charge in [-0.15, -0.1) is 0 Å². The Balaban J connectivity index is 1.74. The molecule has 1 aromatic rings. The van der Waals surface area contributed by atoms with Gasteiger partial charge in [-0.1, -0.05) is 0 Å². The maximum atomic E-state index is 11.3. The first-order chi connectivity index (χ1) is 8.15. The lowest BCUT2D eigenvalue weighted by molar-refractivity contribution is -0.117. The van der Waals surface area contributed by atoms with Crippen LogP contribution in [0.25, 0.3) is 0 Å². The van der Waals surface area contributed by atoms with Gasteiger partial charge in [0.25, 0.3) is 0 Å². The molecular formula is C9H14N6O2. The van der Waals surface area contributed by atoms with Crippen LogP contribution >= 0.6 is 0 Å². The normalized spacial score (nSPS) is 14.4. The number of carbonyl (C=O) groups is 2. The second-order valence-corrected chi connectivity index (χ2v) is 3.88. The van der Waals surface area contributed by atoms with Crippen molar-refractivity contribution < 1.29 is 9.59 Å². The highest BCUT2D eigenvalue weighted by Gasteiger charge is 2.26. The zero-order valence-corrected chi connectivity index (χ0v) is 9.12. The van der Waals surface area contributed by atoms with E-state index in [4.69, 9.17) is 5.73 Å². The van der Waals surface area contributed by atoms with E-state index in [0.717, 1.165) is 18.5 Å². The first kappa shape index (κ1) is 11.4. The van der Waals surface area contributed by atoms with Crippen LogP contribution in [0.5, 0.6) is 0 Å². The molecule has 1 heterocycles. The Morgan fingerprint density at radius 3 is 2.94 bits per heavy atom. The Hall–Kier alpha value is -2.09. The molecule has 8 nitrogen and oxygen atoms in total. The average molecular weight is 238 g/mol. The Kier molecular flexibility index (Phi) is 3.24. The fraction of sp³-hybridized carbons (Fsp3) is 0.444. The van der Waals surface area contributed by atoms with Crippen molar-refractivity contribution >= 4 is 17.8 Å². The number of carbonyl (C=O) groups excluding carboxylic acids is 2. The summed E-state index contributed by atoms with van der Waals surface area (Å²) in [4.78, 5) is 21.7. The number of primary amides is 1. The van der Waals surface area contributed by atoms with Gasteiger partial charge >= 0.3 is 6.03 Å². The van der Waals surface area contributed by atoms with Crippen LogP contribution in [0, 0.1) is 0 Å². The molecule has 0 spiro atoms. The van der Waals surface area contributed by atoms with Crippen molar-refractivity contribution in [1.82, 2.24) is 21.0 Å². The van der Waals surface area contributed by atoms with Crippen molar-refractivity contribution in [1.29, 1.82) is 0 Å². The summed E-state index contributed by atoms with van der Waals surface area (Å²) in [5.74, 6) is 0.492. The van der Waals surface area contributed by atoms with E-state index < -0.39 is 11.9 Å². The van der Waals surface area contributed by atoms with E-state index in [2.05, 4.69) is 26.4 Å². The van der Waals surface area contributed by atoms with Crippen molar-refractivity contribution in [3.05, 3.63) is 11.8 Å². The van der Waals surface area contributed by atoms with Crippen LogP contribution in [0.15, 0.2) is 6.07 Å². The molecule has 0 atom stereocenters. The third-order valence-electron chi connectivity index (χ3n) is 2.31. The van der Waals surface area contributed by atoms with Gasteiger partial charge in [0.1, 0.15) is 5.82 Å². The van der Waals surface area contributed by atoms with E-state index in [0.29, 0.717) is 11.7 Å². The molecule has 0 aromatic carbocycles. The number of H-pyrrole nitrogens is 1. The number of aromatic amines is 1. The van der Waals surface area contributed by atoms with Gasteiger partial charge in [-0.05, 0) is 12.8 Å². The summed E-state index contributed by atoms with van der Waals surface area (Å²) in [7, 11) is 0. The fourth-order valence-electron chi connectivity index (χ4n) is 1.35. The number of nitrogens with two attached hydrogens (primary N) is 1. The number of urea groups is 1. The van der Waals surface area contributed by atoms with Crippen molar-refractivity contribution in [2.45, 2.75) is 18.8 Å². The molecule has 1 aliphatic rings. The van der Waals surface area contributed by atoms with Gasteiger partial charge in [0.05, 0.1) is 12.2 Å². The largest absolute Gasteiger partial charge is 0.369 e. The minimum Gasteiger partial charge on any atom is -0.369 e. The summed E-state index contributed by atoms with van der Waals surface area (Å²) >= 11 is 0. The van der Waals surface area contributed by atoms with Crippen LogP contribution < -0.4 is 21.9 Å². The predicted octanol–water partition coefficient (Wildman–Crippen LogP) is -0.602. The van der Waals surface area contributed by atoms with Crippen molar-refractivity contribution in [2.24, 2.45) is 5.73 Å². The minimum absolute atomic E-state index is 0.121. The van der Waals surface area contributed by atoms with E-state index in [1.54, 1.807) is 6.07 Å². The second kappa shape index (κ2) is 4.83. The Morgan fingerprint density at radius 1 is 1.53 bits per heavy atom. The van der Waals surface area contributed by atoms with E-state index in [1.165, 1.54) is 0 Å².